The highest BCUT2D eigenvalue weighted by Crippen LogP contribution is 2.16. The second-order valence-electron chi connectivity index (χ2n) is 4.17. The van der Waals surface area contributed by atoms with Crippen molar-refractivity contribution in [2.75, 3.05) is 6.54 Å². The molecule has 2 unspecified atom stereocenters. The molecule has 0 saturated carbocycles. The highest BCUT2D eigenvalue weighted by atomic mass is 19.1. The van der Waals surface area contributed by atoms with Gasteiger partial charge in [-0.05, 0) is 38.0 Å². The van der Waals surface area contributed by atoms with Crippen LogP contribution in [0.1, 0.15) is 31.0 Å². The summed E-state index contributed by atoms with van der Waals surface area (Å²) in [5.74, 6) is -0.211. The van der Waals surface area contributed by atoms with E-state index in [-0.39, 0.29) is 17.8 Å². The molecule has 0 aromatic heterocycles. The number of halogens is 1. The summed E-state index contributed by atoms with van der Waals surface area (Å²) in [5.41, 5.74) is 1.56. The number of hydrogen-bond acceptors (Lipinski definition) is 2. The van der Waals surface area contributed by atoms with Crippen LogP contribution in [0.15, 0.2) is 18.2 Å². The first-order chi connectivity index (χ1) is 7.54. The first-order valence-electron chi connectivity index (χ1n) is 5.43. The quantitative estimate of drug-likeness (QED) is 0.846. The summed E-state index contributed by atoms with van der Waals surface area (Å²) in [7, 11) is 0. The third-order valence-electron chi connectivity index (χ3n) is 2.65. The largest absolute Gasteiger partial charge is 0.309 e. The zero-order valence-electron chi connectivity index (χ0n) is 9.92. The Kier molecular flexibility index (Phi) is 4.45. The fourth-order valence-electron chi connectivity index (χ4n) is 1.40. The van der Waals surface area contributed by atoms with Gasteiger partial charge in [0.15, 0.2) is 0 Å². The van der Waals surface area contributed by atoms with Gasteiger partial charge in [0, 0.05) is 12.6 Å². The molecule has 0 aliphatic carbocycles. The Bertz CT molecular complexity index is 395. The van der Waals surface area contributed by atoms with Crippen molar-refractivity contribution in [2.45, 2.75) is 26.8 Å². The van der Waals surface area contributed by atoms with E-state index in [4.69, 9.17) is 5.26 Å². The molecule has 86 valence electrons. The third-order valence-corrected chi connectivity index (χ3v) is 2.65. The lowest BCUT2D eigenvalue weighted by Crippen LogP contribution is -2.23. The molecule has 2 atom stereocenters. The van der Waals surface area contributed by atoms with Gasteiger partial charge in [-0.2, -0.15) is 5.26 Å². The van der Waals surface area contributed by atoms with E-state index in [1.807, 2.05) is 19.9 Å². The van der Waals surface area contributed by atoms with Crippen molar-refractivity contribution in [3.05, 3.63) is 35.1 Å². The van der Waals surface area contributed by atoms with Gasteiger partial charge in [0.25, 0.3) is 0 Å². The van der Waals surface area contributed by atoms with Gasteiger partial charge in [-0.15, -0.1) is 0 Å². The highest BCUT2D eigenvalue weighted by Gasteiger charge is 2.08. The van der Waals surface area contributed by atoms with Crippen molar-refractivity contribution in [1.29, 1.82) is 5.26 Å². The average molecular weight is 220 g/mol. The van der Waals surface area contributed by atoms with Gasteiger partial charge in [0.2, 0.25) is 0 Å². The second-order valence-corrected chi connectivity index (χ2v) is 4.17. The molecule has 1 N–H and O–H groups in total. The number of hydrogen-bond donors (Lipinski definition) is 1. The van der Waals surface area contributed by atoms with E-state index < -0.39 is 0 Å². The first-order valence-corrected chi connectivity index (χ1v) is 5.43. The number of rotatable bonds is 4. The van der Waals surface area contributed by atoms with E-state index in [1.165, 1.54) is 0 Å². The molecule has 0 bridgehead atoms. The van der Waals surface area contributed by atoms with E-state index >= 15 is 0 Å². The van der Waals surface area contributed by atoms with E-state index in [0.717, 1.165) is 5.56 Å². The Morgan fingerprint density at radius 1 is 1.44 bits per heavy atom. The third kappa shape index (κ3) is 3.32. The number of nitrogens with one attached hydrogen (secondary N) is 1. The Morgan fingerprint density at radius 3 is 2.69 bits per heavy atom. The minimum Gasteiger partial charge on any atom is -0.309 e. The second kappa shape index (κ2) is 5.62. The van der Waals surface area contributed by atoms with Crippen LogP contribution in [-0.2, 0) is 0 Å². The molecular weight excluding hydrogens is 203 g/mol. The van der Waals surface area contributed by atoms with Crippen LogP contribution in [0, 0.1) is 30.0 Å². The molecular formula is C13H17FN2. The Labute approximate surface area is 96.1 Å². The Morgan fingerprint density at radius 2 is 2.12 bits per heavy atom. The van der Waals surface area contributed by atoms with Crippen LogP contribution in [0.2, 0.25) is 0 Å². The van der Waals surface area contributed by atoms with Crippen LogP contribution >= 0.6 is 0 Å². The summed E-state index contributed by atoms with van der Waals surface area (Å²) in [6.07, 6.45) is 0. The maximum atomic E-state index is 13.3. The lowest BCUT2D eigenvalue weighted by Gasteiger charge is -2.15. The predicted molar refractivity (Wildman–Crippen MR) is 62.3 cm³/mol. The lowest BCUT2D eigenvalue weighted by molar-refractivity contribution is 0.523. The maximum Gasteiger partial charge on any atom is 0.126 e. The highest BCUT2D eigenvalue weighted by molar-refractivity contribution is 5.25. The molecule has 0 heterocycles. The molecule has 0 spiro atoms. The van der Waals surface area contributed by atoms with E-state index in [2.05, 4.69) is 11.4 Å². The smallest absolute Gasteiger partial charge is 0.126 e. The van der Waals surface area contributed by atoms with Crippen LogP contribution in [0.4, 0.5) is 4.39 Å². The van der Waals surface area contributed by atoms with E-state index in [0.29, 0.717) is 12.1 Å². The number of nitriles is 1. The van der Waals surface area contributed by atoms with Crippen molar-refractivity contribution in [3.63, 3.8) is 0 Å². The van der Waals surface area contributed by atoms with Crippen molar-refractivity contribution < 1.29 is 4.39 Å². The SMILES string of the molecule is Cc1ccc(C(C)NCC(C)C#N)cc1F. The van der Waals surface area contributed by atoms with Crippen LogP contribution in [-0.4, -0.2) is 6.54 Å². The van der Waals surface area contributed by atoms with Crippen LogP contribution < -0.4 is 5.32 Å². The van der Waals surface area contributed by atoms with E-state index in [9.17, 15) is 4.39 Å². The molecule has 3 heteroatoms. The molecule has 0 radical (unpaired) electrons. The van der Waals surface area contributed by atoms with Crippen LogP contribution in [0.3, 0.4) is 0 Å². The fraction of sp³-hybridized carbons (Fsp3) is 0.462. The van der Waals surface area contributed by atoms with Crippen molar-refractivity contribution >= 4 is 0 Å². The summed E-state index contributed by atoms with van der Waals surface area (Å²) in [4.78, 5) is 0. The zero-order valence-corrected chi connectivity index (χ0v) is 9.92. The molecule has 1 aromatic carbocycles. The molecule has 16 heavy (non-hydrogen) atoms. The minimum absolute atomic E-state index is 0.0299. The van der Waals surface area contributed by atoms with Crippen molar-refractivity contribution in [1.82, 2.24) is 5.32 Å². The molecule has 0 amide bonds. The van der Waals surface area contributed by atoms with Crippen molar-refractivity contribution in [3.8, 4) is 6.07 Å². The summed E-state index contributed by atoms with van der Waals surface area (Å²) in [6, 6.07) is 7.45. The molecule has 0 aliphatic heterocycles. The summed E-state index contributed by atoms with van der Waals surface area (Å²) >= 11 is 0. The van der Waals surface area contributed by atoms with E-state index in [1.54, 1.807) is 19.1 Å². The molecule has 1 aromatic rings. The Balaban J connectivity index is 2.63. The fourth-order valence-corrected chi connectivity index (χ4v) is 1.40. The molecule has 0 saturated heterocycles. The van der Waals surface area contributed by atoms with Crippen LogP contribution in [0.25, 0.3) is 0 Å². The van der Waals surface area contributed by atoms with Gasteiger partial charge in [-0.3, -0.25) is 0 Å². The molecule has 0 fully saturated rings. The van der Waals surface area contributed by atoms with Gasteiger partial charge in [0.1, 0.15) is 5.82 Å². The molecule has 1 rings (SSSR count). The van der Waals surface area contributed by atoms with Gasteiger partial charge in [-0.25, -0.2) is 4.39 Å². The summed E-state index contributed by atoms with van der Waals surface area (Å²) in [5, 5.41) is 11.9. The normalized spacial score (nSPS) is 14.2. The molecule has 2 nitrogen and oxygen atoms in total. The average Bonchev–Trinajstić information content (AvgIpc) is 2.29. The lowest BCUT2D eigenvalue weighted by atomic mass is 10.1. The van der Waals surface area contributed by atoms with Gasteiger partial charge in [0.05, 0.1) is 12.0 Å². The number of nitrogens with zero attached hydrogens (tertiary/aromatic N) is 1. The predicted octanol–water partition coefficient (Wildman–Crippen LogP) is 2.94. The van der Waals surface area contributed by atoms with Gasteiger partial charge < -0.3 is 5.32 Å². The van der Waals surface area contributed by atoms with Gasteiger partial charge >= 0.3 is 0 Å². The van der Waals surface area contributed by atoms with Crippen molar-refractivity contribution in [2.24, 2.45) is 5.92 Å². The first kappa shape index (κ1) is 12.7. The Hall–Kier alpha value is -1.40. The topological polar surface area (TPSA) is 35.8 Å². The number of benzene rings is 1. The van der Waals surface area contributed by atoms with Gasteiger partial charge in [-0.1, -0.05) is 12.1 Å². The summed E-state index contributed by atoms with van der Waals surface area (Å²) in [6.45, 7) is 6.19. The monoisotopic (exact) mass is 220 g/mol. The zero-order chi connectivity index (χ0) is 12.1. The maximum absolute atomic E-state index is 13.3. The minimum atomic E-state index is -0.181. The number of aryl methyl sites for hydroxylation is 1. The standard InChI is InChI=1S/C13H17FN2/c1-9(7-15)8-16-11(3)12-5-4-10(2)13(14)6-12/h4-6,9,11,16H,8H2,1-3H3. The molecule has 0 aliphatic rings. The van der Waals surface area contributed by atoms with Crippen LogP contribution in [0.5, 0.6) is 0 Å². The summed E-state index contributed by atoms with van der Waals surface area (Å²) < 4.78 is 13.3.